The Bertz CT molecular complexity index is 1000. The first-order valence-electron chi connectivity index (χ1n) is 10.0. The largest absolute Gasteiger partial charge is 0.352 e. The number of hydrogen-bond acceptors (Lipinski definition) is 4. The van der Waals surface area contributed by atoms with E-state index in [2.05, 4.69) is 17.3 Å². The smallest absolute Gasteiger partial charge is 0.264 e. The van der Waals surface area contributed by atoms with Crippen molar-refractivity contribution in [1.29, 1.82) is 0 Å². The van der Waals surface area contributed by atoms with E-state index in [9.17, 15) is 13.2 Å². The number of piperidine rings is 1. The summed E-state index contributed by atoms with van der Waals surface area (Å²) in [7, 11) is -1.89. The molecule has 0 bridgehead atoms. The molecule has 1 aliphatic heterocycles. The van der Waals surface area contributed by atoms with Gasteiger partial charge in [-0.2, -0.15) is 0 Å². The molecule has 8 heteroatoms. The molecule has 30 heavy (non-hydrogen) atoms. The van der Waals surface area contributed by atoms with Crippen molar-refractivity contribution >= 4 is 33.2 Å². The first-order valence-corrected chi connectivity index (χ1v) is 11.8. The third kappa shape index (κ3) is 5.33. The Morgan fingerprint density at radius 3 is 2.37 bits per heavy atom. The minimum Gasteiger partial charge on any atom is -0.352 e. The van der Waals surface area contributed by atoms with Crippen LogP contribution in [0.4, 0.5) is 5.69 Å². The summed E-state index contributed by atoms with van der Waals surface area (Å²) in [6, 6.07) is 11.7. The van der Waals surface area contributed by atoms with Crippen molar-refractivity contribution in [2.45, 2.75) is 37.6 Å². The first-order chi connectivity index (χ1) is 14.2. The highest BCUT2D eigenvalue weighted by molar-refractivity contribution is 7.92. The van der Waals surface area contributed by atoms with Crippen molar-refractivity contribution in [3.05, 3.63) is 58.6 Å². The Morgan fingerprint density at radius 1 is 1.13 bits per heavy atom. The number of likely N-dealkylation sites (tertiary alicyclic amines) is 1. The number of anilines is 1. The van der Waals surface area contributed by atoms with E-state index in [1.807, 2.05) is 13.8 Å². The molecule has 0 unspecified atom stereocenters. The molecule has 1 amide bonds. The molecular formula is C22H28ClN3O3S. The standard InChI is InChI=1S/C22H28ClN3O3S/c1-16-4-8-20(9-5-16)30(28,29)26(19-7-6-17(2)21(23)14-19)15-22(27)24-18-10-12-25(3)13-11-18/h4-9,14,18H,10-13,15H2,1-3H3,(H,24,27). The van der Waals surface area contributed by atoms with Gasteiger partial charge in [-0.25, -0.2) is 8.42 Å². The molecular weight excluding hydrogens is 422 g/mol. The lowest BCUT2D eigenvalue weighted by Crippen LogP contribution is -2.47. The number of sulfonamides is 1. The van der Waals surface area contributed by atoms with Gasteiger partial charge in [-0.1, -0.05) is 35.4 Å². The summed E-state index contributed by atoms with van der Waals surface area (Å²) in [5, 5.41) is 3.44. The third-order valence-electron chi connectivity index (χ3n) is 5.42. The van der Waals surface area contributed by atoms with Crippen LogP contribution in [0.5, 0.6) is 0 Å². The highest BCUT2D eigenvalue weighted by Crippen LogP contribution is 2.28. The molecule has 0 radical (unpaired) electrons. The number of carbonyl (C=O) groups excluding carboxylic acids is 1. The predicted molar refractivity (Wildman–Crippen MR) is 121 cm³/mol. The second-order valence-electron chi connectivity index (χ2n) is 7.90. The third-order valence-corrected chi connectivity index (χ3v) is 7.62. The molecule has 2 aromatic rings. The van der Waals surface area contributed by atoms with E-state index in [-0.39, 0.29) is 23.4 Å². The summed E-state index contributed by atoms with van der Waals surface area (Å²) in [6.45, 7) is 5.25. The van der Waals surface area contributed by atoms with E-state index in [0.717, 1.165) is 41.4 Å². The van der Waals surface area contributed by atoms with Crippen LogP contribution in [0.15, 0.2) is 47.4 Å². The molecule has 0 spiro atoms. The average Bonchev–Trinajstić information content (AvgIpc) is 2.70. The topological polar surface area (TPSA) is 69.7 Å². The van der Waals surface area contributed by atoms with E-state index in [4.69, 9.17) is 11.6 Å². The second-order valence-corrected chi connectivity index (χ2v) is 10.2. The van der Waals surface area contributed by atoms with Crippen LogP contribution in [0.25, 0.3) is 0 Å². The van der Waals surface area contributed by atoms with E-state index in [1.54, 1.807) is 42.5 Å². The molecule has 0 atom stereocenters. The number of carbonyl (C=O) groups is 1. The van der Waals surface area contributed by atoms with Crippen LogP contribution in [0, 0.1) is 13.8 Å². The van der Waals surface area contributed by atoms with Gasteiger partial charge in [0.15, 0.2) is 0 Å². The van der Waals surface area contributed by atoms with Crippen molar-refractivity contribution in [2.24, 2.45) is 0 Å². The number of halogens is 1. The van der Waals surface area contributed by atoms with Crippen LogP contribution in [0.2, 0.25) is 5.02 Å². The summed E-state index contributed by atoms with van der Waals surface area (Å²) >= 11 is 6.25. The van der Waals surface area contributed by atoms with Gasteiger partial charge < -0.3 is 10.2 Å². The fourth-order valence-corrected chi connectivity index (χ4v) is 5.03. The van der Waals surface area contributed by atoms with E-state index in [0.29, 0.717) is 10.7 Å². The Labute approximate surface area is 183 Å². The van der Waals surface area contributed by atoms with E-state index >= 15 is 0 Å². The van der Waals surface area contributed by atoms with Gasteiger partial charge in [0.1, 0.15) is 6.54 Å². The summed E-state index contributed by atoms with van der Waals surface area (Å²) < 4.78 is 27.9. The van der Waals surface area contributed by atoms with Gasteiger partial charge >= 0.3 is 0 Å². The van der Waals surface area contributed by atoms with Gasteiger partial charge in [-0.3, -0.25) is 9.10 Å². The van der Waals surface area contributed by atoms with E-state index in [1.165, 1.54) is 0 Å². The SMILES string of the molecule is Cc1ccc(S(=O)(=O)N(CC(=O)NC2CCN(C)CC2)c2ccc(C)c(Cl)c2)cc1. The summed E-state index contributed by atoms with van der Waals surface area (Å²) in [5.74, 6) is -0.322. The maximum Gasteiger partial charge on any atom is 0.264 e. The first kappa shape index (κ1) is 22.6. The van der Waals surface area contributed by atoms with Crippen molar-refractivity contribution in [3.8, 4) is 0 Å². The summed E-state index contributed by atoms with van der Waals surface area (Å²) in [6.07, 6.45) is 1.70. The van der Waals surface area contributed by atoms with Crippen molar-refractivity contribution in [1.82, 2.24) is 10.2 Å². The molecule has 0 saturated carbocycles. The molecule has 1 fully saturated rings. The van der Waals surface area contributed by atoms with E-state index < -0.39 is 10.0 Å². The minimum absolute atomic E-state index is 0.0548. The number of nitrogens with zero attached hydrogens (tertiary/aromatic N) is 2. The van der Waals surface area contributed by atoms with Gasteiger partial charge in [-0.15, -0.1) is 0 Å². The fourth-order valence-electron chi connectivity index (χ4n) is 3.45. The lowest BCUT2D eigenvalue weighted by Gasteiger charge is -2.30. The van der Waals surface area contributed by atoms with Gasteiger partial charge in [0.2, 0.25) is 5.91 Å². The lowest BCUT2D eigenvalue weighted by molar-refractivity contribution is -0.120. The lowest BCUT2D eigenvalue weighted by atomic mass is 10.1. The van der Waals surface area contributed by atoms with Gasteiger partial charge in [0.25, 0.3) is 10.0 Å². The molecule has 6 nitrogen and oxygen atoms in total. The van der Waals surface area contributed by atoms with Crippen LogP contribution in [0.1, 0.15) is 24.0 Å². The zero-order valence-corrected chi connectivity index (χ0v) is 19.1. The van der Waals surface area contributed by atoms with Crippen LogP contribution in [-0.4, -0.2) is 51.9 Å². The highest BCUT2D eigenvalue weighted by atomic mass is 35.5. The summed E-state index contributed by atoms with van der Waals surface area (Å²) in [4.78, 5) is 15.1. The number of nitrogens with one attached hydrogen (secondary N) is 1. The van der Waals surface area contributed by atoms with Crippen molar-refractivity contribution < 1.29 is 13.2 Å². The Hall–Kier alpha value is -2.09. The molecule has 2 aromatic carbocycles. The zero-order chi connectivity index (χ0) is 21.9. The van der Waals surface area contributed by atoms with Crippen LogP contribution >= 0.6 is 11.6 Å². The molecule has 0 aromatic heterocycles. The van der Waals surface area contributed by atoms with Gasteiger partial charge in [0, 0.05) is 11.1 Å². The molecule has 1 heterocycles. The molecule has 1 N–H and O–H groups in total. The van der Waals surface area contributed by atoms with Crippen LogP contribution < -0.4 is 9.62 Å². The Kier molecular flexibility index (Phi) is 7.06. The number of rotatable bonds is 6. The molecule has 162 valence electrons. The number of aryl methyl sites for hydroxylation is 2. The quantitative estimate of drug-likeness (QED) is 0.734. The number of amides is 1. The molecule has 1 aliphatic rings. The van der Waals surface area contributed by atoms with Gasteiger partial charge in [-0.05, 0) is 76.7 Å². The zero-order valence-electron chi connectivity index (χ0n) is 17.6. The average molecular weight is 450 g/mol. The second kappa shape index (κ2) is 9.37. The number of hydrogen-bond donors (Lipinski definition) is 1. The van der Waals surface area contributed by atoms with Gasteiger partial charge in [0.05, 0.1) is 10.6 Å². The highest BCUT2D eigenvalue weighted by Gasteiger charge is 2.28. The predicted octanol–water partition coefficient (Wildman–Crippen LogP) is 3.36. The fraction of sp³-hybridized carbons (Fsp3) is 0.409. The minimum atomic E-state index is -3.94. The maximum absolute atomic E-state index is 13.4. The van der Waals surface area contributed by atoms with Crippen LogP contribution in [-0.2, 0) is 14.8 Å². The Balaban J connectivity index is 1.88. The normalized spacial score (nSPS) is 15.7. The monoisotopic (exact) mass is 449 g/mol. The van der Waals surface area contributed by atoms with Crippen molar-refractivity contribution in [2.75, 3.05) is 31.0 Å². The molecule has 0 aliphatic carbocycles. The molecule has 3 rings (SSSR count). The summed E-state index contributed by atoms with van der Waals surface area (Å²) in [5.41, 5.74) is 2.16. The van der Waals surface area contributed by atoms with Crippen LogP contribution in [0.3, 0.4) is 0 Å². The Morgan fingerprint density at radius 2 is 1.77 bits per heavy atom. The molecule has 1 saturated heterocycles. The number of benzene rings is 2. The van der Waals surface area contributed by atoms with Crippen molar-refractivity contribution in [3.63, 3.8) is 0 Å². The maximum atomic E-state index is 13.4.